The molecule has 3 heteroatoms. The summed E-state index contributed by atoms with van der Waals surface area (Å²) in [6.07, 6.45) is 9.71. The summed E-state index contributed by atoms with van der Waals surface area (Å²) in [6, 6.07) is 45.3. The average Bonchev–Trinajstić information content (AvgIpc) is 3.60. The summed E-state index contributed by atoms with van der Waals surface area (Å²) in [7, 11) is -2.09. The van der Waals surface area contributed by atoms with Gasteiger partial charge in [0.2, 0.25) is 0 Å². The van der Waals surface area contributed by atoms with E-state index in [1.54, 1.807) is 0 Å². The number of fused-ring (bicyclic) bond motifs is 9. The molecule has 0 unspecified atom stereocenters. The van der Waals surface area contributed by atoms with E-state index < -0.39 is 20.1 Å². The minimum absolute atomic E-state index is 0.936. The maximum absolute atomic E-state index is 6.34. The van der Waals surface area contributed by atoms with E-state index in [0.717, 1.165) is 11.2 Å². The van der Waals surface area contributed by atoms with Crippen LogP contribution in [-0.2, 0) is 0 Å². The van der Waals surface area contributed by atoms with Gasteiger partial charge >= 0.3 is 0 Å². The van der Waals surface area contributed by atoms with E-state index in [4.69, 9.17) is 4.42 Å². The lowest BCUT2D eigenvalue weighted by molar-refractivity contribution is 0.669. The molecule has 9 rings (SSSR count). The molecule has 0 amide bonds. The normalized spacial score (nSPS) is 16.8. The predicted molar refractivity (Wildman–Crippen MR) is 187 cm³/mol. The summed E-state index contributed by atoms with van der Waals surface area (Å²) in [5.41, 5.74) is 12.4. The van der Waals surface area contributed by atoms with Crippen molar-refractivity contribution < 1.29 is 4.42 Å². The SMILES string of the molecule is CS1(C)c2ccccc2-c2ccc(-c3ccc4oc5ccc(-c6ccc7c(c6)S(C)(C)c6ccccc6-7)cc5c4c3)cc21. The highest BCUT2D eigenvalue weighted by atomic mass is 32.3. The summed E-state index contributed by atoms with van der Waals surface area (Å²) in [4.78, 5) is 5.95. The third-order valence-electron chi connectivity index (χ3n) is 9.65. The molecule has 6 aromatic carbocycles. The van der Waals surface area contributed by atoms with Gasteiger partial charge in [-0.2, -0.15) is 20.1 Å². The van der Waals surface area contributed by atoms with Crippen molar-refractivity contribution in [3.63, 3.8) is 0 Å². The molecule has 0 fully saturated rings. The lowest BCUT2D eigenvalue weighted by Crippen LogP contribution is -1.93. The van der Waals surface area contributed by atoms with Crippen molar-refractivity contribution in [1.82, 2.24) is 0 Å². The van der Waals surface area contributed by atoms with Crippen molar-refractivity contribution in [2.24, 2.45) is 0 Å². The van der Waals surface area contributed by atoms with Gasteiger partial charge in [0.05, 0.1) is 0 Å². The lowest BCUT2D eigenvalue weighted by Gasteiger charge is -2.28. The highest BCUT2D eigenvalue weighted by Crippen LogP contribution is 2.68. The fraction of sp³-hybridized carbons (Fsp3) is 0.100. The number of hydrogen-bond acceptors (Lipinski definition) is 1. The van der Waals surface area contributed by atoms with Crippen LogP contribution in [-0.4, -0.2) is 25.0 Å². The molecule has 0 N–H and O–H groups in total. The standard InChI is InChI=1S/C40H32OS2/c1-42(2)37-11-7-5-9-29(37)31-17-13-27(23-39(31)42)25-15-19-35-33(21-25)34-22-26(16-20-36(34)41-35)28-14-18-32-30-10-6-8-12-38(30)43(3,4)40(32)24-28/h5-24H,1-4H3. The lowest BCUT2D eigenvalue weighted by atomic mass is 9.97. The van der Waals surface area contributed by atoms with Crippen LogP contribution < -0.4 is 0 Å². The zero-order valence-corrected chi connectivity index (χ0v) is 26.4. The van der Waals surface area contributed by atoms with E-state index in [0.29, 0.717) is 0 Å². The second kappa shape index (κ2) is 8.69. The first kappa shape index (κ1) is 25.3. The third kappa shape index (κ3) is 3.50. The monoisotopic (exact) mass is 592 g/mol. The molecule has 0 bridgehead atoms. The number of furan rings is 1. The highest BCUT2D eigenvalue weighted by Gasteiger charge is 2.32. The van der Waals surface area contributed by atoms with E-state index in [1.165, 1.54) is 74.9 Å². The van der Waals surface area contributed by atoms with Crippen molar-refractivity contribution in [1.29, 1.82) is 0 Å². The van der Waals surface area contributed by atoms with Crippen LogP contribution in [0.5, 0.6) is 0 Å². The summed E-state index contributed by atoms with van der Waals surface area (Å²) in [6.45, 7) is 0. The van der Waals surface area contributed by atoms with Crippen LogP contribution in [0.2, 0.25) is 0 Å². The topological polar surface area (TPSA) is 13.1 Å². The Balaban J connectivity index is 1.15. The predicted octanol–water partition coefficient (Wildman–Crippen LogP) is 11.8. The van der Waals surface area contributed by atoms with E-state index in [-0.39, 0.29) is 0 Å². The van der Waals surface area contributed by atoms with Crippen molar-refractivity contribution >= 4 is 42.0 Å². The number of hydrogen-bond donors (Lipinski definition) is 0. The van der Waals surface area contributed by atoms with Crippen LogP contribution >= 0.6 is 20.1 Å². The highest BCUT2D eigenvalue weighted by molar-refractivity contribution is 8.33. The third-order valence-corrected chi connectivity index (χ3v) is 15.4. The Labute approximate surface area is 255 Å². The van der Waals surface area contributed by atoms with E-state index in [9.17, 15) is 0 Å². The van der Waals surface area contributed by atoms with Crippen LogP contribution in [0, 0.1) is 0 Å². The minimum atomic E-state index is -1.05. The van der Waals surface area contributed by atoms with Crippen molar-refractivity contribution in [2.75, 3.05) is 25.0 Å². The van der Waals surface area contributed by atoms with Gasteiger partial charge in [-0.15, -0.1) is 0 Å². The maximum atomic E-state index is 6.34. The van der Waals surface area contributed by atoms with Gasteiger partial charge in [0, 0.05) is 30.4 Å². The molecule has 0 radical (unpaired) electrons. The van der Waals surface area contributed by atoms with Gasteiger partial charge in [-0.1, -0.05) is 72.8 Å². The molecule has 0 atom stereocenters. The van der Waals surface area contributed by atoms with Gasteiger partial charge in [-0.05, 0) is 118 Å². The first-order chi connectivity index (χ1) is 20.8. The van der Waals surface area contributed by atoms with Gasteiger partial charge in [0.15, 0.2) is 0 Å². The minimum Gasteiger partial charge on any atom is -0.456 e. The Morgan fingerprint density at radius 2 is 0.744 bits per heavy atom. The average molecular weight is 593 g/mol. The molecule has 0 aliphatic carbocycles. The molecule has 43 heavy (non-hydrogen) atoms. The molecule has 3 heterocycles. The molecule has 210 valence electrons. The zero-order chi connectivity index (χ0) is 29.1. The fourth-order valence-electron chi connectivity index (χ4n) is 7.33. The molecule has 7 aromatic rings. The van der Waals surface area contributed by atoms with Gasteiger partial charge in [-0.3, -0.25) is 0 Å². The quantitative estimate of drug-likeness (QED) is 0.195. The first-order valence-electron chi connectivity index (χ1n) is 14.7. The summed E-state index contributed by atoms with van der Waals surface area (Å²) >= 11 is 0. The zero-order valence-electron chi connectivity index (χ0n) is 24.8. The van der Waals surface area contributed by atoms with Crippen molar-refractivity contribution in [3.05, 3.63) is 121 Å². The molecule has 2 aliphatic rings. The van der Waals surface area contributed by atoms with Crippen molar-refractivity contribution in [3.8, 4) is 44.5 Å². The maximum Gasteiger partial charge on any atom is 0.135 e. The van der Waals surface area contributed by atoms with Crippen LogP contribution in [0.1, 0.15) is 0 Å². The smallest absolute Gasteiger partial charge is 0.135 e. The molecular formula is C40H32OS2. The second-order valence-electron chi connectivity index (χ2n) is 12.6. The molecule has 1 aromatic heterocycles. The first-order valence-corrected chi connectivity index (χ1v) is 19.6. The van der Waals surface area contributed by atoms with Gasteiger partial charge < -0.3 is 4.42 Å². The molecular weight excluding hydrogens is 561 g/mol. The van der Waals surface area contributed by atoms with Gasteiger partial charge in [-0.25, -0.2) is 0 Å². The van der Waals surface area contributed by atoms with Crippen LogP contribution in [0.15, 0.2) is 145 Å². The van der Waals surface area contributed by atoms with Gasteiger partial charge in [0.1, 0.15) is 11.2 Å². The molecule has 2 aliphatic heterocycles. The Morgan fingerprint density at radius 3 is 1.21 bits per heavy atom. The van der Waals surface area contributed by atoms with Crippen LogP contribution in [0.3, 0.4) is 0 Å². The van der Waals surface area contributed by atoms with E-state index in [1.807, 2.05) is 0 Å². The summed E-state index contributed by atoms with van der Waals surface area (Å²) in [5, 5.41) is 2.34. The van der Waals surface area contributed by atoms with Crippen LogP contribution in [0.25, 0.3) is 66.4 Å². The fourth-order valence-corrected chi connectivity index (χ4v) is 12.4. The Morgan fingerprint density at radius 1 is 0.372 bits per heavy atom. The second-order valence-corrected chi connectivity index (χ2v) is 19.7. The Kier molecular flexibility index (Phi) is 5.12. The molecule has 0 saturated carbocycles. The largest absolute Gasteiger partial charge is 0.456 e. The van der Waals surface area contributed by atoms with E-state index in [2.05, 4.69) is 146 Å². The van der Waals surface area contributed by atoms with Crippen LogP contribution in [0.4, 0.5) is 0 Å². The molecule has 1 nitrogen and oxygen atoms in total. The summed E-state index contributed by atoms with van der Waals surface area (Å²) in [5.74, 6) is 0. The van der Waals surface area contributed by atoms with E-state index >= 15 is 0 Å². The Bertz CT molecular complexity index is 2140. The van der Waals surface area contributed by atoms with Gasteiger partial charge in [0.25, 0.3) is 0 Å². The van der Waals surface area contributed by atoms with Crippen molar-refractivity contribution in [2.45, 2.75) is 19.6 Å². The summed E-state index contributed by atoms with van der Waals surface area (Å²) < 4.78 is 6.34. The molecule has 0 spiro atoms. The Hall–Kier alpha value is -4.18. The number of rotatable bonds is 2. The molecule has 0 saturated heterocycles. The number of benzene rings is 6.